The number of thioether (sulfide) groups is 1. The number of anilines is 1. The smallest absolute Gasteiger partial charge is 0.388 e. The van der Waals surface area contributed by atoms with E-state index in [1.165, 1.54) is 0 Å². The fraction of sp³-hybridized carbons (Fsp3) is 0.167. The van der Waals surface area contributed by atoms with E-state index in [0.29, 0.717) is 16.8 Å². The van der Waals surface area contributed by atoms with Gasteiger partial charge in [0.1, 0.15) is 22.2 Å². The van der Waals surface area contributed by atoms with E-state index in [2.05, 4.69) is 17.3 Å². The molecule has 0 radical (unpaired) electrons. The van der Waals surface area contributed by atoms with Gasteiger partial charge in [-0.25, -0.2) is 4.68 Å². The van der Waals surface area contributed by atoms with Gasteiger partial charge in [0.15, 0.2) is 0 Å². The Morgan fingerprint density at radius 1 is 1.12 bits per heavy atom. The first kappa shape index (κ1) is 20.9. The van der Waals surface area contributed by atoms with E-state index in [4.69, 9.17) is 34.7 Å². The van der Waals surface area contributed by atoms with Gasteiger partial charge >= 0.3 is 11.7 Å². The van der Waals surface area contributed by atoms with Gasteiger partial charge in [0.05, 0.1) is 20.5 Å². The Bertz CT molecular complexity index is 855. The molecular formula is C12H6Cl2F6N4S2. The summed E-state index contributed by atoms with van der Waals surface area (Å²) >= 11 is 15.7. The van der Waals surface area contributed by atoms with Crippen molar-refractivity contribution in [2.24, 2.45) is 5.73 Å². The first-order valence-electron chi connectivity index (χ1n) is 6.23. The Morgan fingerprint density at radius 3 is 2.00 bits per heavy atom. The van der Waals surface area contributed by atoms with Crippen LogP contribution in [0.2, 0.25) is 10.0 Å². The van der Waals surface area contributed by atoms with Gasteiger partial charge in [0, 0.05) is 0 Å². The van der Waals surface area contributed by atoms with Crippen molar-refractivity contribution in [2.45, 2.75) is 16.6 Å². The van der Waals surface area contributed by atoms with Crippen molar-refractivity contribution in [1.29, 1.82) is 0 Å². The third kappa shape index (κ3) is 4.30. The number of benzene rings is 1. The van der Waals surface area contributed by atoms with Gasteiger partial charge in [-0.15, -0.1) is 0 Å². The zero-order valence-electron chi connectivity index (χ0n) is 12.0. The number of hydrogen-bond donors (Lipinski definition) is 2. The molecule has 0 bridgehead atoms. The molecule has 0 fully saturated rings. The minimum Gasteiger partial charge on any atom is -0.388 e. The van der Waals surface area contributed by atoms with E-state index in [1.807, 2.05) is 0 Å². The highest BCUT2D eigenvalue weighted by Gasteiger charge is 2.36. The molecule has 0 amide bonds. The van der Waals surface area contributed by atoms with E-state index >= 15 is 0 Å². The molecule has 0 spiro atoms. The number of aromatic nitrogens is 2. The third-order valence-corrected chi connectivity index (χ3v) is 4.49. The average Bonchev–Trinajstić information content (AvgIpc) is 2.73. The normalized spacial score (nSPS) is 12.5. The van der Waals surface area contributed by atoms with Gasteiger partial charge in [0.25, 0.3) is 0 Å². The second-order valence-corrected chi connectivity index (χ2v) is 7.00. The lowest BCUT2D eigenvalue weighted by Gasteiger charge is -2.13. The maximum Gasteiger partial charge on any atom is 0.446 e. The Morgan fingerprint density at radius 2 is 1.62 bits per heavy atom. The number of nitrogens with zero attached hydrogens (tertiary/aromatic N) is 2. The summed E-state index contributed by atoms with van der Waals surface area (Å²) in [5.41, 5.74) is 4.32. The molecule has 26 heavy (non-hydrogen) atoms. The minimum absolute atomic E-state index is 0.342. The number of nitrogen functional groups attached to an aromatic ring is 1. The number of halogens is 8. The minimum atomic E-state index is -4.74. The Hall–Kier alpha value is -1.37. The average molecular weight is 455 g/mol. The molecule has 1 aromatic carbocycles. The van der Waals surface area contributed by atoms with Crippen LogP contribution in [0.15, 0.2) is 17.0 Å². The highest BCUT2D eigenvalue weighted by molar-refractivity contribution is 8.00. The van der Waals surface area contributed by atoms with Crippen LogP contribution < -0.4 is 11.5 Å². The summed E-state index contributed by atoms with van der Waals surface area (Å²) in [4.78, 5) is -1.11. The van der Waals surface area contributed by atoms with E-state index in [1.54, 1.807) is 0 Å². The predicted octanol–water partition coefficient (Wildman–Crippen LogP) is 5.03. The molecule has 0 unspecified atom stereocenters. The Kier molecular flexibility index (Phi) is 5.62. The first-order valence-corrected chi connectivity index (χ1v) is 8.21. The number of nitrogens with two attached hydrogens (primary N) is 2. The van der Waals surface area contributed by atoms with Crippen molar-refractivity contribution < 1.29 is 26.3 Å². The SMILES string of the molecule is NC(=S)c1nn(-c2c(Cl)cc(C(F)(F)F)cc2Cl)c(N)c1SC(F)(F)F. The van der Waals surface area contributed by atoms with Gasteiger partial charge in [-0.2, -0.15) is 31.4 Å². The maximum absolute atomic E-state index is 12.8. The topological polar surface area (TPSA) is 69.9 Å². The molecule has 2 rings (SSSR count). The summed E-state index contributed by atoms with van der Waals surface area (Å²) in [6.07, 6.45) is -4.73. The molecule has 2 aromatic rings. The standard InChI is InChI=1S/C12H6Cl2F6N4S2/c13-4-1-3(11(15,16)17)2-5(14)7(4)24-9(21)8(26-12(18,19)20)6(23-24)10(22)25/h1-2H,21H2,(H2,22,25). The molecule has 1 aromatic heterocycles. The third-order valence-electron chi connectivity index (χ3n) is 2.88. The van der Waals surface area contributed by atoms with Crippen LogP contribution in [0.5, 0.6) is 0 Å². The Labute approximate surface area is 161 Å². The monoisotopic (exact) mass is 454 g/mol. The number of alkyl halides is 6. The first-order chi connectivity index (χ1) is 11.7. The van der Waals surface area contributed by atoms with Crippen LogP contribution in [0.25, 0.3) is 5.69 Å². The highest BCUT2D eigenvalue weighted by Crippen LogP contribution is 2.44. The molecule has 0 atom stereocenters. The number of hydrogen-bond acceptors (Lipinski definition) is 4. The van der Waals surface area contributed by atoms with Crippen LogP contribution in [0.4, 0.5) is 32.2 Å². The second kappa shape index (κ2) is 6.98. The van der Waals surface area contributed by atoms with Crippen molar-refractivity contribution in [1.82, 2.24) is 9.78 Å². The van der Waals surface area contributed by atoms with Crippen LogP contribution in [-0.2, 0) is 6.18 Å². The summed E-state index contributed by atoms with van der Waals surface area (Å²) in [7, 11) is 0. The maximum atomic E-state index is 12.8. The summed E-state index contributed by atoms with van der Waals surface area (Å²) in [6, 6.07) is 1.09. The lowest BCUT2D eigenvalue weighted by Crippen LogP contribution is -2.13. The highest BCUT2D eigenvalue weighted by atomic mass is 35.5. The predicted molar refractivity (Wildman–Crippen MR) is 90.8 cm³/mol. The van der Waals surface area contributed by atoms with Crippen LogP contribution in [0.3, 0.4) is 0 Å². The van der Waals surface area contributed by atoms with E-state index in [9.17, 15) is 26.3 Å². The molecule has 1 heterocycles. The van der Waals surface area contributed by atoms with E-state index in [-0.39, 0.29) is 5.69 Å². The molecular weight excluding hydrogens is 449 g/mol. The fourth-order valence-electron chi connectivity index (χ4n) is 1.90. The summed E-state index contributed by atoms with van der Waals surface area (Å²) < 4.78 is 77.2. The second-order valence-electron chi connectivity index (χ2n) is 4.67. The molecule has 14 heteroatoms. The molecule has 0 aliphatic carbocycles. The molecule has 142 valence electrons. The summed E-state index contributed by atoms with van der Waals surface area (Å²) in [5.74, 6) is -0.585. The Balaban J connectivity index is 2.70. The summed E-state index contributed by atoms with van der Waals surface area (Å²) in [6.45, 7) is 0. The lowest BCUT2D eigenvalue weighted by molar-refractivity contribution is -0.137. The van der Waals surface area contributed by atoms with Gasteiger partial charge in [-0.1, -0.05) is 35.4 Å². The lowest BCUT2D eigenvalue weighted by atomic mass is 10.2. The molecule has 0 saturated carbocycles. The largest absolute Gasteiger partial charge is 0.446 e. The number of thiocarbonyl (C=S) groups is 1. The molecule has 0 saturated heterocycles. The van der Waals surface area contributed by atoms with Crippen molar-refractivity contribution in [3.05, 3.63) is 33.4 Å². The molecule has 0 aliphatic rings. The fourth-order valence-corrected chi connectivity index (χ4v) is 3.42. The van der Waals surface area contributed by atoms with Crippen LogP contribution in [0, 0.1) is 0 Å². The molecule has 4 N–H and O–H groups in total. The molecule has 4 nitrogen and oxygen atoms in total. The van der Waals surface area contributed by atoms with Crippen LogP contribution in [0.1, 0.15) is 11.3 Å². The van der Waals surface area contributed by atoms with Crippen molar-refractivity contribution >= 4 is 58.0 Å². The van der Waals surface area contributed by atoms with Crippen molar-refractivity contribution in [3.8, 4) is 5.69 Å². The van der Waals surface area contributed by atoms with Gasteiger partial charge < -0.3 is 11.5 Å². The van der Waals surface area contributed by atoms with E-state index < -0.39 is 60.5 Å². The molecule has 0 aliphatic heterocycles. The number of rotatable bonds is 3. The van der Waals surface area contributed by atoms with Crippen LogP contribution >= 0.6 is 47.2 Å². The van der Waals surface area contributed by atoms with Crippen molar-refractivity contribution in [3.63, 3.8) is 0 Å². The van der Waals surface area contributed by atoms with Crippen molar-refractivity contribution in [2.75, 3.05) is 5.73 Å². The quantitative estimate of drug-likeness (QED) is 0.386. The van der Waals surface area contributed by atoms with E-state index in [0.717, 1.165) is 0 Å². The van der Waals surface area contributed by atoms with Crippen LogP contribution in [-0.4, -0.2) is 20.3 Å². The van der Waals surface area contributed by atoms with Gasteiger partial charge in [-0.05, 0) is 23.9 Å². The summed E-state index contributed by atoms with van der Waals surface area (Å²) in [5, 5.41) is 2.67. The van der Waals surface area contributed by atoms with Gasteiger partial charge in [-0.3, -0.25) is 0 Å². The van der Waals surface area contributed by atoms with Gasteiger partial charge in [0.2, 0.25) is 0 Å². The zero-order chi connectivity index (χ0) is 20.0. The zero-order valence-corrected chi connectivity index (χ0v) is 15.2.